The van der Waals surface area contributed by atoms with E-state index in [1.165, 1.54) is 16.7 Å². The second kappa shape index (κ2) is 10.2. The maximum atomic E-state index is 4.61. The lowest BCUT2D eigenvalue weighted by atomic mass is 10.1. The molecule has 2 rings (SSSR count). The summed E-state index contributed by atoms with van der Waals surface area (Å²) in [7, 11) is 0. The largest absolute Gasteiger partial charge is 0.357 e. The molecule has 0 radical (unpaired) electrons. The average molecular weight is 409 g/mol. The third-order valence-corrected chi connectivity index (χ3v) is 3.19. The summed E-state index contributed by atoms with van der Waals surface area (Å²) >= 11 is 0. The van der Waals surface area contributed by atoms with E-state index in [1.807, 2.05) is 18.2 Å². The van der Waals surface area contributed by atoms with Gasteiger partial charge in [-0.2, -0.15) is 0 Å². The molecule has 0 aliphatic heterocycles. The summed E-state index contributed by atoms with van der Waals surface area (Å²) < 4.78 is 0. The van der Waals surface area contributed by atoms with E-state index in [2.05, 4.69) is 65.9 Å². The highest BCUT2D eigenvalue weighted by molar-refractivity contribution is 14.0. The molecule has 2 aromatic carbocycles. The first kappa shape index (κ1) is 18.5. The van der Waals surface area contributed by atoms with Crippen LogP contribution in [0.25, 0.3) is 0 Å². The van der Waals surface area contributed by atoms with Gasteiger partial charge in [0.15, 0.2) is 5.96 Å². The smallest absolute Gasteiger partial charge is 0.191 e. The summed E-state index contributed by atoms with van der Waals surface area (Å²) in [5, 5.41) is 6.64. The Morgan fingerprint density at radius 1 is 0.909 bits per heavy atom. The van der Waals surface area contributed by atoms with Gasteiger partial charge in [-0.1, -0.05) is 60.2 Å². The number of nitrogens with zero attached hydrogens (tertiary/aromatic N) is 1. The molecule has 0 spiro atoms. The van der Waals surface area contributed by atoms with Crippen LogP contribution in [0, 0.1) is 6.92 Å². The first-order valence-corrected chi connectivity index (χ1v) is 7.39. The fraction of sp³-hybridized carbons (Fsp3) is 0.278. The normalized spacial score (nSPS) is 10.7. The van der Waals surface area contributed by atoms with E-state index >= 15 is 0 Å². The highest BCUT2D eigenvalue weighted by Gasteiger charge is 1.98. The predicted molar refractivity (Wildman–Crippen MR) is 105 cm³/mol. The van der Waals surface area contributed by atoms with Gasteiger partial charge in [0.25, 0.3) is 0 Å². The van der Waals surface area contributed by atoms with Crippen LogP contribution in [0.4, 0.5) is 0 Å². The molecule has 0 heterocycles. The number of guanidine groups is 1. The van der Waals surface area contributed by atoms with Gasteiger partial charge in [-0.3, -0.25) is 0 Å². The van der Waals surface area contributed by atoms with Crippen molar-refractivity contribution in [2.75, 3.05) is 6.54 Å². The number of rotatable bonds is 5. The van der Waals surface area contributed by atoms with Crippen LogP contribution in [-0.4, -0.2) is 12.5 Å². The second-order valence-electron chi connectivity index (χ2n) is 5.02. The number of halogens is 1. The van der Waals surface area contributed by atoms with Crippen LogP contribution in [0.2, 0.25) is 0 Å². The zero-order chi connectivity index (χ0) is 14.9. The van der Waals surface area contributed by atoms with Crippen molar-refractivity contribution in [2.45, 2.75) is 26.9 Å². The molecule has 3 nitrogen and oxygen atoms in total. The van der Waals surface area contributed by atoms with Crippen LogP contribution in [0.3, 0.4) is 0 Å². The molecular formula is C18H24IN3. The Kier molecular flexibility index (Phi) is 8.58. The minimum atomic E-state index is 0. The number of nitrogens with one attached hydrogen (secondary N) is 2. The summed E-state index contributed by atoms with van der Waals surface area (Å²) in [4.78, 5) is 4.61. The van der Waals surface area contributed by atoms with Gasteiger partial charge >= 0.3 is 0 Å². The average Bonchev–Trinajstić information content (AvgIpc) is 2.52. The molecule has 0 amide bonds. The minimum absolute atomic E-state index is 0. The molecule has 0 saturated heterocycles. The second-order valence-corrected chi connectivity index (χ2v) is 5.02. The van der Waals surface area contributed by atoms with Gasteiger partial charge in [-0.15, -0.1) is 24.0 Å². The molecule has 0 aliphatic rings. The lowest BCUT2D eigenvalue weighted by Gasteiger charge is -2.11. The zero-order valence-electron chi connectivity index (χ0n) is 13.2. The van der Waals surface area contributed by atoms with Crippen molar-refractivity contribution in [1.29, 1.82) is 0 Å². The van der Waals surface area contributed by atoms with Crippen LogP contribution in [0.15, 0.2) is 59.6 Å². The van der Waals surface area contributed by atoms with Crippen molar-refractivity contribution in [3.63, 3.8) is 0 Å². The molecule has 0 fully saturated rings. The van der Waals surface area contributed by atoms with Gasteiger partial charge in [0.2, 0.25) is 0 Å². The van der Waals surface area contributed by atoms with Crippen LogP contribution < -0.4 is 10.6 Å². The number of hydrogen-bond acceptors (Lipinski definition) is 1. The van der Waals surface area contributed by atoms with Crippen LogP contribution in [0.1, 0.15) is 23.6 Å². The number of aliphatic imine (C=N–C) groups is 1. The van der Waals surface area contributed by atoms with Crippen molar-refractivity contribution in [2.24, 2.45) is 4.99 Å². The van der Waals surface area contributed by atoms with E-state index in [0.29, 0.717) is 6.54 Å². The summed E-state index contributed by atoms with van der Waals surface area (Å²) in [6, 6.07) is 18.8. The van der Waals surface area contributed by atoms with Crippen molar-refractivity contribution in [3.8, 4) is 0 Å². The Balaban J connectivity index is 0.00000242. The molecular weight excluding hydrogens is 385 g/mol. The van der Waals surface area contributed by atoms with Gasteiger partial charge < -0.3 is 10.6 Å². The van der Waals surface area contributed by atoms with E-state index in [1.54, 1.807) is 0 Å². The molecule has 0 saturated carbocycles. The minimum Gasteiger partial charge on any atom is -0.357 e. The quantitative estimate of drug-likeness (QED) is 0.447. The third-order valence-electron chi connectivity index (χ3n) is 3.19. The first-order valence-electron chi connectivity index (χ1n) is 7.39. The summed E-state index contributed by atoms with van der Waals surface area (Å²) in [5.41, 5.74) is 3.75. The van der Waals surface area contributed by atoms with E-state index < -0.39 is 0 Å². The summed E-state index contributed by atoms with van der Waals surface area (Å²) in [6.07, 6.45) is 0. The standard InChI is InChI=1S/C18H23N3.HI/c1-3-19-18(20-13-16-7-5-4-6-8-16)21-14-17-11-9-15(2)10-12-17;/h4-12H,3,13-14H2,1-2H3,(H2,19,20,21);1H. The van der Waals surface area contributed by atoms with Crippen molar-refractivity contribution in [1.82, 2.24) is 10.6 Å². The van der Waals surface area contributed by atoms with Gasteiger partial charge in [-0.25, -0.2) is 4.99 Å². The van der Waals surface area contributed by atoms with E-state index in [9.17, 15) is 0 Å². The Hall–Kier alpha value is -1.56. The molecule has 0 aromatic heterocycles. The molecule has 2 N–H and O–H groups in total. The van der Waals surface area contributed by atoms with Gasteiger partial charge in [-0.05, 0) is 25.0 Å². The van der Waals surface area contributed by atoms with Crippen LogP contribution in [0.5, 0.6) is 0 Å². The van der Waals surface area contributed by atoms with E-state index in [4.69, 9.17) is 0 Å². The Labute approximate surface area is 150 Å². The van der Waals surface area contributed by atoms with Crippen molar-refractivity contribution in [3.05, 3.63) is 71.3 Å². The van der Waals surface area contributed by atoms with Crippen LogP contribution >= 0.6 is 24.0 Å². The molecule has 0 unspecified atom stereocenters. The fourth-order valence-corrected chi connectivity index (χ4v) is 1.99. The summed E-state index contributed by atoms with van der Waals surface area (Å²) in [6.45, 7) is 6.49. The SMILES string of the molecule is CCNC(=NCc1ccccc1)NCc1ccc(C)cc1.I. The topological polar surface area (TPSA) is 36.4 Å². The lowest BCUT2D eigenvalue weighted by Crippen LogP contribution is -2.36. The van der Waals surface area contributed by atoms with Crippen molar-refractivity contribution < 1.29 is 0 Å². The highest BCUT2D eigenvalue weighted by Crippen LogP contribution is 2.03. The van der Waals surface area contributed by atoms with E-state index in [0.717, 1.165) is 19.0 Å². The molecule has 22 heavy (non-hydrogen) atoms. The maximum absolute atomic E-state index is 4.61. The number of hydrogen-bond donors (Lipinski definition) is 2. The predicted octanol–water partition coefficient (Wildman–Crippen LogP) is 3.87. The monoisotopic (exact) mass is 409 g/mol. The lowest BCUT2D eigenvalue weighted by molar-refractivity contribution is 0.816. The van der Waals surface area contributed by atoms with Crippen LogP contribution in [-0.2, 0) is 13.1 Å². The Bertz CT molecular complexity index is 565. The van der Waals surface area contributed by atoms with Gasteiger partial charge in [0, 0.05) is 13.1 Å². The van der Waals surface area contributed by atoms with E-state index in [-0.39, 0.29) is 24.0 Å². The van der Waals surface area contributed by atoms with Gasteiger partial charge in [0.05, 0.1) is 6.54 Å². The summed E-state index contributed by atoms with van der Waals surface area (Å²) in [5.74, 6) is 0.849. The molecule has 4 heteroatoms. The first-order chi connectivity index (χ1) is 10.3. The maximum Gasteiger partial charge on any atom is 0.191 e. The highest BCUT2D eigenvalue weighted by atomic mass is 127. The molecule has 0 bridgehead atoms. The number of aryl methyl sites for hydroxylation is 1. The third kappa shape index (κ3) is 6.47. The molecule has 118 valence electrons. The van der Waals surface area contributed by atoms with Crippen molar-refractivity contribution >= 4 is 29.9 Å². The zero-order valence-corrected chi connectivity index (χ0v) is 15.5. The Morgan fingerprint density at radius 3 is 2.23 bits per heavy atom. The molecule has 2 aromatic rings. The molecule has 0 aliphatic carbocycles. The molecule has 0 atom stereocenters. The number of benzene rings is 2. The van der Waals surface area contributed by atoms with Gasteiger partial charge in [0.1, 0.15) is 0 Å². The Morgan fingerprint density at radius 2 is 1.59 bits per heavy atom. The fourth-order valence-electron chi connectivity index (χ4n) is 1.99.